The van der Waals surface area contributed by atoms with Crippen molar-refractivity contribution >= 4 is 0 Å². The quantitative estimate of drug-likeness (QED) is 0.535. The predicted molar refractivity (Wildman–Crippen MR) is 43.0 cm³/mol. The number of hydrogen-bond acceptors (Lipinski definition) is 1. The van der Waals surface area contributed by atoms with Crippen LogP contribution >= 0.6 is 0 Å². The van der Waals surface area contributed by atoms with E-state index in [0.717, 1.165) is 12.5 Å². The van der Waals surface area contributed by atoms with Crippen molar-refractivity contribution in [2.24, 2.45) is 5.92 Å². The molecule has 0 amide bonds. The van der Waals surface area contributed by atoms with Gasteiger partial charge in [-0.25, -0.2) is 0 Å². The Morgan fingerprint density at radius 1 is 1.70 bits per heavy atom. The normalized spacial score (nSPS) is 25.6. The van der Waals surface area contributed by atoms with Gasteiger partial charge in [0.2, 0.25) is 0 Å². The largest absolute Gasteiger partial charge is 0.370 e. The molecule has 1 nitrogen and oxygen atoms in total. The molecule has 0 aromatic rings. The van der Waals surface area contributed by atoms with Crippen molar-refractivity contribution in [2.45, 2.75) is 33.3 Å². The van der Waals surface area contributed by atoms with E-state index in [2.05, 4.69) is 26.8 Å². The van der Waals surface area contributed by atoms with E-state index in [1.54, 1.807) is 0 Å². The summed E-state index contributed by atoms with van der Waals surface area (Å²) in [6.45, 7) is 7.44. The number of ether oxygens (including phenoxy) is 1. The first kappa shape index (κ1) is 7.80. The van der Waals surface area contributed by atoms with E-state index in [9.17, 15) is 0 Å². The summed E-state index contributed by atoms with van der Waals surface area (Å²) < 4.78 is 5.48. The van der Waals surface area contributed by atoms with Crippen LogP contribution in [0.3, 0.4) is 0 Å². The molecule has 0 radical (unpaired) electrons. The maximum Gasteiger partial charge on any atom is 0.0789 e. The van der Waals surface area contributed by atoms with Crippen LogP contribution in [0.15, 0.2) is 11.6 Å². The van der Waals surface area contributed by atoms with Crippen LogP contribution in [0.2, 0.25) is 0 Å². The minimum atomic E-state index is 0.417. The van der Waals surface area contributed by atoms with Gasteiger partial charge in [0, 0.05) is 0 Å². The summed E-state index contributed by atoms with van der Waals surface area (Å²) in [4.78, 5) is 0. The first-order chi connectivity index (χ1) is 4.70. The average molecular weight is 140 g/mol. The summed E-state index contributed by atoms with van der Waals surface area (Å²) in [6, 6.07) is 0. The molecule has 1 aliphatic rings. The zero-order valence-electron chi connectivity index (χ0n) is 7.05. The lowest BCUT2D eigenvalue weighted by Crippen LogP contribution is -2.11. The Hall–Kier alpha value is -0.300. The predicted octanol–water partition coefficient (Wildman–Crippen LogP) is 2.38. The maximum atomic E-state index is 5.48. The van der Waals surface area contributed by atoms with Crippen molar-refractivity contribution in [3.05, 3.63) is 11.6 Å². The summed E-state index contributed by atoms with van der Waals surface area (Å²) in [5.41, 5.74) is 1.41. The highest BCUT2D eigenvalue weighted by Gasteiger charge is 2.16. The molecular weight excluding hydrogens is 124 g/mol. The van der Waals surface area contributed by atoms with Crippen LogP contribution in [0.4, 0.5) is 0 Å². The Morgan fingerprint density at radius 2 is 2.40 bits per heavy atom. The second kappa shape index (κ2) is 3.20. The molecule has 1 heteroatoms. The molecule has 58 valence electrons. The van der Waals surface area contributed by atoms with Crippen LogP contribution in [0, 0.1) is 5.92 Å². The van der Waals surface area contributed by atoms with Crippen molar-refractivity contribution in [3.8, 4) is 0 Å². The molecule has 10 heavy (non-hydrogen) atoms. The van der Waals surface area contributed by atoms with E-state index < -0.39 is 0 Å². The number of rotatable bonds is 2. The molecule has 1 aliphatic heterocycles. The lowest BCUT2D eigenvalue weighted by atomic mass is 10.0. The molecule has 1 atom stereocenters. The minimum Gasteiger partial charge on any atom is -0.370 e. The van der Waals surface area contributed by atoms with Gasteiger partial charge in [-0.2, -0.15) is 0 Å². The smallest absolute Gasteiger partial charge is 0.0789 e. The molecule has 1 rings (SSSR count). The van der Waals surface area contributed by atoms with E-state index in [1.165, 1.54) is 12.0 Å². The fourth-order valence-corrected chi connectivity index (χ4v) is 1.24. The molecule has 0 fully saturated rings. The Kier molecular flexibility index (Phi) is 2.50. The Bertz CT molecular complexity index is 136. The van der Waals surface area contributed by atoms with Gasteiger partial charge in [0.15, 0.2) is 0 Å². The Morgan fingerprint density at radius 3 is 2.80 bits per heavy atom. The van der Waals surface area contributed by atoms with Crippen LogP contribution in [0.1, 0.15) is 27.2 Å². The maximum absolute atomic E-state index is 5.48. The van der Waals surface area contributed by atoms with Crippen LogP contribution < -0.4 is 0 Å². The summed E-state index contributed by atoms with van der Waals surface area (Å²) in [7, 11) is 0. The van der Waals surface area contributed by atoms with Gasteiger partial charge in [0.05, 0.1) is 12.7 Å². The second-order valence-electron chi connectivity index (χ2n) is 3.40. The molecule has 0 saturated heterocycles. The molecule has 1 heterocycles. The summed E-state index contributed by atoms with van der Waals surface area (Å²) in [5, 5.41) is 0. The van der Waals surface area contributed by atoms with E-state index in [0.29, 0.717) is 6.10 Å². The molecule has 0 aromatic carbocycles. The van der Waals surface area contributed by atoms with E-state index in [1.807, 2.05) is 0 Å². The Labute approximate surface area is 63.1 Å². The SMILES string of the molecule is CC1=CCO[C@H]1CC(C)C. The van der Waals surface area contributed by atoms with Gasteiger partial charge >= 0.3 is 0 Å². The third kappa shape index (κ3) is 1.84. The van der Waals surface area contributed by atoms with Gasteiger partial charge in [-0.15, -0.1) is 0 Å². The molecule has 0 aliphatic carbocycles. The highest BCUT2D eigenvalue weighted by atomic mass is 16.5. The Balaban J connectivity index is 2.35. The number of hydrogen-bond donors (Lipinski definition) is 0. The fraction of sp³-hybridized carbons (Fsp3) is 0.778. The first-order valence-electron chi connectivity index (χ1n) is 3.98. The molecule has 0 N–H and O–H groups in total. The van der Waals surface area contributed by atoms with Crippen molar-refractivity contribution in [1.29, 1.82) is 0 Å². The zero-order valence-corrected chi connectivity index (χ0v) is 7.05. The van der Waals surface area contributed by atoms with Gasteiger partial charge in [-0.1, -0.05) is 19.9 Å². The summed E-state index contributed by atoms with van der Waals surface area (Å²) >= 11 is 0. The van der Waals surface area contributed by atoms with Crippen LogP contribution in [-0.2, 0) is 4.74 Å². The molecular formula is C9H16O. The van der Waals surface area contributed by atoms with Gasteiger partial charge in [0.25, 0.3) is 0 Å². The minimum absolute atomic E-state index is 0.417. The van der Waals surface area contributed by atoms with E-state index >= 15 is 0 Å². The van der Waals surface area contributed by atoms with Crippen molar-refractivity contribution < 1.29 is 4.74 Å². The van der Waals surface area contributed by atoms with Gasteiger partial charge in [0.1, 0.15) is 0 Å². The highest BCUT2D eigenvalue weighted by molar-refractivity contribution is 5.09. The molecule has 0 spiro atoms. The molecule has 0 aromatic heterocycles. The summed E-state index contributed by atoms with van der Waals surface area (Å²) in [5.74, 6) is 0.742. The third-order valence-corrected chi connectivity index (χ3v) is 1.90. The lowest BCUT2D eigenvalue weighted by Gasteiger charge is -2.13. The van der Waals surface area contributed by atoms with Crippen LogP contribution in [-0.4, -0.2) is 12.7 Å². The molecule has 0 unspecified atom stereocenters. The second-order valence-corrected chi connectivity index (χ2v) is 3.40. The average Bonchev–Trinajstić information content (AvgIpc) is 2.15. The monoisotopic (exact) mass is 140 g/mol. The van der Waals surface area contributed by atoms with Crippen LogP contribution in [0.5, 0.6) is 0 Å². The van der Waals surface area contributed by atoms with Crippen molar-refractivity contribution in [3.63, 3.8) is 0 Å². The van der Waals surface area contributed by atoms with Crippen molar-refractivity contribution in [1.82, 2.24) is 0 Å². The summed E-state index contributed by atoms with van der Waals surface area (Å²) in [6.07, 6.45) is 3.76. The van der Waals surface area contributed by atoms with Crippen molar-refractivity contribution in [2.75, 3.05) is 6.61 Å². The van der Waals surface area contributed by atoms with E-state index in [4.69, 9.17) is 4.74 Å². The van der Waals surface area contributed by atoms with Gasteiger partial charge in [-0.3, -0.25) is 0 Å². The fourth-order valence-electron chi connectivity index (χ4n) is 1.24. The highest BCUT2D eigenvalue weighted by Crippen LogP contribution is 2.20. The lowest BCUT2D eigenvalue weighted by molar-refractivity contribution is 0.105. The molecule has 0 saturated carbocycles. The molecule has 0 bridgehead atoms. The van der Waals surface area contributed by atoms with Crippen LogP contribution in [0.25, 0.3) is 0 Å². The topological polar surface area (TPSA) is 9.23 Å². The van der Waals surface area contributed by atoms with E-state index in [-0.39, 0.29) is 0 Å². The van der Waals surface area contributed by atoms with Gasteiger partial charge in [-0.05, 0) is 24.8 Å². The standard InChI is InChI=1S/C9H16O/c1-7(2)6-9-8(3)4-5-10-9/h4,7,9H,5-6H2,1-3H3/t9-/m0/s1. The first-order valence-corrected chi connectivity index (χ1v) is 3.98. The third-order valence-electron chi connectivity index (χ3n) is 1.90. The van der Waals surface area contributed by atoms with Gasteiger partial charge < -0.3 is 4.74 Å². The zero-order chi connectivity index (χ0) is 7.56.